The van der Waals surface area contributed by atoms with E-state index in [1.165, 1.54) is 12.1 Å². The van der Waals surface area contributed by atoms with Gasteiger partial charge in [0.05, 0.1) is 6.54 Å². The van der Waals surface area contributed by atoms with E-state index < -0.39 is 0 Å². The van der Waals surface area contributed by atoms with Gasteiger partial charge in [-0.3, -0.25) is 4.79 Å². The lowest BCUT2D eigenvalue weighted by molar-refractivity contribution is 0.0701. The third-order valence-corrected chi connectivity index (χ3v) is 4.16. The van der Waals surface area contributed by atoms with Crippen molar-refractivity contribution in [2.45, 2.75) is 20.0 Å². The molecule has 22 heavy (non-hydrogen) atoms. The molecule has 6 nitrogen and oxygen atoms in total. The molecule has 0 bridgehead atoms. The first-order valence-corrected chi connectivity index (χ1v) is 7.07. The SMILES string of the molecule is Cc1c(C(=O)N2CCn3cnnc3C2)[nH]c2ccc(F)cc12. The summed E-state index contributed by atoms with van der Waals surface area (Å²) in [5.41, 5.74) is 2.04. The number of halogens is 1. The number of amides is 1. The summed E-state index contributed by atoms with van der Waals surface area (Å²) >= 11 is 0. The second-order valence-electron chi connectivity index (χ2n) is 5.48. The molecular weight excluding hydrogens is 285 g/mol. The molecule has 112 valence electrons. The largest absolute Gasteiger partial charge is 0.350 e. The van der Waals surface area contributed by atoms with Crippen molar-refractivity contribution in [2.24, 2.45) is 0 Å². The molecular formula is C15H14FN5O. The lowest BCUT2D eigenvalue weighted by atomic mass is 10.1. The number of aryl methyl sites for hydroxylation is 1. The topological polar surface area (TPSA) is 66.8 Å². The summed E-state index contributed by atoms with van der Waals surface area (Å²) in [6.07, 6.45) is 1.67. The summed E-state index contributed by atoms with van der Waals surface area (Å²) in [7, 11) is 0. The highest BCUT2D eigenvalue weighted by atomic mass is 19.1. The van der Waals surface area contributed by atoms with Crippen LogP contribution in [0.15, 0.2) is 24.5 Å². The maximum absolute atomic E-state index is 13.4. The number of rotatable bonds is 1. The maximum atomic E-state index is 13.4. The summed E-state index contributed by atoms with van der Waals surface area (Å²) in [5, 5.41) is 8.62. The van der Waals surface area contributed by atoms with Crippen LogP contribution in [0, 0.1) is 12.7 Å². The van der Waals surface area contributed by atoms with E-state index in [0.717, 1.165) is 22.3 Å². The lowest BCUT2D eigenvalue weighted by Crippen LogP contribution is -2.38. The molecule has 1 aliphatic rings. The highest BCUT2D eigenvalue weighted by molar-refractivity contribution is 6.00. The number of aromatic nitrogens is 4. The summed E-state index contributed by atoms with van der Waals surface area (Å²) < 4.78 is 15.3. The average Bonchev–Trinajstić information content (AvgIpc) is 3.11. The standard InChI is InChI=1S/C15H14FN5O/c1-9-11-6-10(16)2-3-12(11)18-14(9)15(22)20-4-5-21-8-17-19-13(21)7-20/h2-3,6,8,18H,4-5,7H2,1H3. The van der Waals surface area contributed by atoms with Crippen molar-refractivity contribution < 1.29 is 9.18 Å². The predicted octanol–water partition coefficient (Wildman–Crippen LogP) is 1.86. The first-order chi connectivity index (χ1) is 10.6. The average molecular weight is 299 g/mol. The number of hydrogen-bond donors (Lipinski definition) is 1. The molecule has 1 amide bonds. The fourth-order valence-electron chi connectivity index (χ4n) is 2.91. The second-order valence-corrected chi connectivity index (χ2v) is 5.48. The van der Waals surface area contributed by atoms with Crippen molar-refractivity contribution in [3.8, 4) is 0 Å². The van der Waals surface area contributed by atoms with E-state index in [9.17, 15) is 9.18 Å². The molecule has 0 saturated heterocycles. The Bertz CT molecular complexity index is 881. The number of aromatic amines is 1. The molecule has 2 aromatic heterocycles. The number of H-pyrrole nitrogens is 1. The van der Waals surface area contributed by atoms with Gasteiger partial charge in [0.15, 0.2) is 5.82 Å². The third kappa shape index (κ3) is 1.89. The Hall–Kier alpha value is -2.70. The molecule has 4 rings (SSSR count). The van der Waals surface area contributed by atoms with Gasteiger partial charge in [0.1, 0.15) is 17.8 Å². The van der Waals surface area contributed by atoms with E-state index in [4.69, 9.17) is 0 Å². The van der Waals surface area contributed by atoms with Crippen LogP contribution in [0.3, 0.4) is 0 Å². The Kier molecular flexibility index (Phi) is 2.75. The number of carbonyl (C=O) groups excluding carboxylic acids is 1. The van der Waals surface area contributed by atoms with Crippen LogP contribution in [0.25, 0.3) is 10.9 Å². The minimum Gasteiger partial charge on any atom is -0.350 e. The van der Waals surface area contributed by atoms with Gasteiger partial charge in [-0.05, 0) is 30.7 Å². The van der Waals surface area contributed by atoms with Gasteiger partial charge in [0.25, 0.3) is 5.91 Å². The van der Waals surface area contributed by atoms with Gasteiger partial charge in [-0.1, -0.05) is 0 Å². The van der Waals surface area contributed by atoms with E-state index in [2.05, 4.69) is 15.2 Å². The van der Waals surface area contributed by atoms with Gasteiger partial charge >= 0.3 is 0 Å². The number of benzene rings is 1. The fourth-order valence-corrected chi connectivity index (χ4v) is 2.91. The zero-order valence-electron chi connectivity index (χ0n) is 12.0. The van der Waals surface area contributed by atoms with Gasteiger partial charge < -0.3 is 14.5 Å². The molecule has 0 unspecified atom stereocenters. The highest BCUT2D eigenvalue weighted by Gasteiger charge is 2.25. The molecule has 7 heteroatoms. The summed E-state index contributed by atoms with van der Waals surface area (Å²) in [6.45, 7) is 3.55. The van der Waals surface area contributed by atoms with Crippen molar-refractivity contribution >= 4 is 16.8 Å². The first kappa shape index (κ1) is 13.0. The molecule has 3 aromatic rings. The van der Waals surface area contributed by atoms with Gasteiger partial charge in [0.2, 0.25) is 0 Å². The van der Waals surface area contributed by atoms with Crippen LogP contribution in [0.4, 0.5) is 4.39 Å². The zero-order valence-corrected chi connectivity index (χ0v) is 12.0. The van der Waals surface area contributed by atoms with Gasteiger partial charge in [0, 0.05) is 24.0 Å². The van der Waals surface area contributed by atoms with E-state index in [1.807, 2.05) is 11.5 Å². The summed E-state index contributed by atoms with van der Waals surface area (Å²) in [6, 6.07) is 4.49. The van der Waals surface area contributed by atoms with E-state index >= 15 is 0 Å². The number of fused-ring (bicyclic) bond motifs is 2. The third-order valence-electron chi connectivity index (χ3n) is 4.16. The molecule has 0 aliphatic carbocycles. The molecule has 1 aromatic carbocycles. The summed E-state index contributed by atoms with van der Waals surface area (Å²) in [5.74, 6) is 0.377. The van der Waals surface area contributed by atoms with Crippen LogP contribution >= 0.6 is 0 Å². The van der Waals surface area contributed by atoms with Crippen molar-refractivity contribution in [3.05, 3.63) is 47.4 Å². The Balaban J connectivity index is 1.70. The van der Waals surface area contributed by atoms with Crippen molar-refractivity contribution in [2.75, 3.05) is 6.54 Å². The van der Waals surface area contributed by atoms with Crippen LogP contribution in [-0.4, -0.2) is 37.1 Å². The van der Waals surface area contributed by atoms with E-state index in [-0.39, 0.29) is 11.7 Å². The molecule has 1 N–H and O–H groups in total. The zero-order chi connectivity index (χ0) is 15.3. The van der Waals surface area contributed by atoms with Crippen LogP contribution < -0.4 is 0 Å². The quantitative estimate of drug-likeness (QED) is 0.746. The van der Waals surface area contributed by atoms with Crippen molar-refractivity contribution in [1.29, 1.82) is 0 Å². The number of carbonyl (C=O) groups is 1. The molecule has 0 radical (unpaired) electrons. The lowest BCUT2D eigenvalue weighted by Gasteiger charge is -2.26. The molecule has 3 heterocycles. The number of nitrogens with zero attached hydrogens (tertiary/aromatic N) is 4. The Labute approximate surface area is 125 Å². The molecule has 0 atom stereocenters. The molecule has 0 fully saturated rings. The Morgan fingerprint density at radius 1 is 1.36 bits per heavy atom. The highest BCUT2D eigenvalue weighted by Crippen LogP contribution is 2.24. The molecule has 1 aliphatic heterocycles. The van der Waals surface area contributed by atoms with E-state index in [1.54, 1.807) is 17.3 Å². The van der Waals surface area contributed by atoms with Crippen LogP contribution in [0.5, 0.6) is 0 Å². The smallest absolute Gasteiger partial charge is 0.271 e. The number of nitrogens with one attached hydrogen (secondary N) is 1. The fraction of sp³-hybridized carbons (Fsp3) is 0.267. The minimum atomic E-state index is -0.306. The van der Waals surface area contributed by atoms with Gasteiger partial charge in [-0.2, -0.15) is 0 Å². The Morgan fingerprint density at radius 3 is 3.09 bits per heavy atom. The van der Waals surface area contributed by atoms with Crippen LogP contribution in [0.1, 0.15) is 21.9 Å². The summed E-state index contributed by atoms with van der Waals surface area (Å²) in [4.78, 5) is 17.6. The van der Waals surface area contributed by atoms with Gasteiger partial charge in [-0.15, -0.1) is 10.2 Å². The van der Waals surface area contributed by atoms with Gasteiger partial charge in [-0.25, -0.2) is 4.39 Å². The normalized spacial score (nSPS) is 14.4. The molecule has 0 saturated carbocycles. The first-order valence-electron chi connectivity index (χ1n) is 7.07. The van der Waals surface area contributed by atoms with Crippen LogP contribution in [-0.2, 0) is 13.1 Å². The van der Waals surface area contributed by atoms with Crippen molar-refractivity contribution in [1.82, 2.24) is 24.6 Å². The maximum Gasteiger partial charge on any atom is 0.271 e. The van der Waals surface area contributed by atoms with Crippen LogP contribution in [0.2, 0.25) is 0 Å². The van der Waals surface area contributed by atoms with E-state index in [0.29, 0.717) is 25.3 Å². The molecule has 0 spiro atoms. The van der Waals surface area contributed by atoms with Crippen molar-refractivity contribution in [3.63, 3.8) is 0 Å². The predicted molar refractivity (Wildman–Crippen MR) is 77.8 cm³/mol. The second kappa shape index (κ2) is 4.66. The monoisotopic (exact) mass is 299 g/mol. The Morgan fingerprint density at radius 2 is 2.23 bits per heavy atom. The minimum absolute atomic E-state index is 0.0941. The number of hydrogen-bond acceptors (Lipinski definition) is 3.